The molecule has 0 fully saturated rings. The van der Waals surface area contributed by atoms with Gasteiger partial charge in [0.05, 0.1) is 5.25 Å². The van der Waals surface area contributed by atoms with Crippen molar-refractivity contribution in [1.82, 2.24) is 9.97 Å². The van der Waals surface area contributed by atoms with Crippen molar-refractivity contribution >= 4 is 23.4 Å². The number of aromatic amines is 1. The number of benzene rings is 1. The Morgan fingerprint density at radius 2 is 2.05 bits per heavy atom. The van der Waals surface area contributed by atoms with Gasteiger partial charge in [-0.05, 0) is 38.1 Å². The molecule has 0 saturated carbocycles. The second-order valence-corrected chi connectivity index (χ2v) is 5.78. The zero-order valence-electron chi connectivity index (χ0n) is 11.5. The Labute approximate surface area is 125 Å². The van der Waals surface area contributed by atoms with Crippen LogP contribution in [0.3, 0.4) is 0 Å². The molecular weight excluding hydrogens is 293 g/mol. The number of thioether (sulfide) groups is 1. The number of hydrogen-bond donors (Lipinski definition) is 2. The summed E-state index contributed by atoms with van der Waals surface area (Å²) in [7, 11) is 0. The van der Waals surface area contributed by atoms with Crippen LogP contribution in [0.4, 0.5) is 10.1 Å². The van der Waals surface area contributed by atoms with E-state index in [0.717, 1.165) is 11.8 Å². The molecule has 1 amide bonds. The fraction of sp³-hybridized carbons (Fsp3) is 0.214. The molecular formula is C14H14FN3O2S. The number of H-pyrrole nitrogens is 1. The molecule has 0 aliphatic rings. The summed E-state index contributed by atoms with van der Waals surface area (Å²) in [6.45, 7) is 3.41. The molecule has 0 spiro atoms. The molecule has 1 atom stereocenters. The number of nitrogens with zero attached hydrogens (tertiary/aromatic N) is 1. The SMILES string of the molecule is Cc1cc(=O)[nH]c(S[C@@H](C)C(=O)Nc2ccc(F)cc2)n1. The highest BCUT2D eigenvalue weighted by atomic mass is 32.2. The van der Waals surface area contributed by atoms with E-state index in [2.05, 4.69) is 15.3 Å². The maximum atomic E-state index is 12.8. The van der Waals surface area contributed by atoms with Crippen LogP contribution in [0.2, 0.25) is 0 Å². The van der Waals surface area contributed by atoms with Crippen molar-refractivity contribution in [2.24, 2.45) is 0 Å². The van der Waals surface area contributed by atoms with E-state index in [9.17, 15) is 14.0 Å². The lowest BCUT2D eigenvalue weighted by molar-refractivity contribution is -0.115. The lowest BCUT2D eigenvalue weighted by atomic mass is 10.3. The molecule has 1 heterocycles. The van der Waals surface area contributed by atoms with E-state index in [1.807, 2.05) is 0 Å². The second kappa shape index (κ2) is 6.53. The molecule has 2 aromatic rings. The van der Waals surface area contributed by atoms with Crippen LogP contribution in [0.15, 0.2) is 40.3 Å². The molecule has 5 nitrogen and oxygen atoms in total. The van der Waals surface area contributed by atoms with Crippen molar-refractivity contribution in [1.29, 1.82) is 0 Å². The molecule has 2 N–H and O–H groups in total. The molecule has 110 valence electrons. The Bertz CT molecular complexity index is 700. The fourth-order valence-corrected chi connectivity index (χ4v) is 2.46. The smallest absolute Gasteiger partial charge is 0.251 e. The number of nitrogens with one attached hydrogen (secondary N) is 2. The number of aromatic nitrogens is 2. The topological polar surface area (TPSA) is 74.8 Å². The summed E-state index contributed by atoms with van der Waals surface area (Å²) in [5, 5.41) is 2.60. The van der Waals surface area contributed by atoms with Gasteiger partial charge in [0.15, 0.2) is 5.16 Å². The molecule has 0 radical (unpaired) electrons. The first-order valence-electron chi connectivity index (χ1n) is 6.25. The zero-order valence-corrected chi connectivity index (χ0v) is 12.3. The molecule has 1 aromatic carbocycles. The number of carbonyl (C=O) groups is 1. The van der Waals surface area contributed by atoms with Gasteiger partial charge in [-0.15, -0.1) is 0 Å². The molecule has 0 bridgehead atoms. The molecule has 0 saturated heterocycles. The lowest BCUT2D eigenvalue weighted by Crippen LogP contribution is -2.23. The lowest BCUT2D eigenvalue weighted by Gasteiger charge is -2.11. The van der Waals surface area contributed by atoms with Crippen LogP contribution in [-0.2, 0) is 4.79 Å². The van der Waals surface area contributed by atoms with Gasteiger partial charge in [-0.3, -0.25) is 9.59 Å². The standard InChI is InChI=1S/C14H14FN3O2S/c1-8-7-12(19)18-14(16-8)21-9(2)13(20)17-11-5-3-10(15)4-6-11/h3-7,9H,1-2H3,(H,17,20)(H,16,18,19)/t9-/m0/s1. The minimum Gasteiger partial charge on any atom is -0.325 e. The van der Waals surface area contributed by atoms with E-state index in [1.54, 1.807) is 13.8 Å². The van der Waals surface area contributed by atoms with Gasteiger partial charge >= 0.3 is 0 Å². The van der Waals surface area contributed by atoms with E-state index in [0.29, 0.717) is 16.5 Å². The number of amides is 1. The third-order valence-corrected chi connectivity index (χ3v) is 3.60. The maximum absolute atomic E-state index is 12.8. The Morgan fingerprint density at radius 3 is 2.67 bits per heavy atom. The van der Waals surface area contributed by atoms with Gasteiger partial charge in [0, 0.05) is 17.4 Å². The van der Waals surface area contributed by atoms with Crippen LogP contribution in [0, 0.1) is 12.7 Å². The second-order valence-electron chi connectivity index (χ2n) is 4.45. The van der Waals surface area contributed by atoms with Crippen LogP contribution >= 0.6 is 11.8 Å². The largest absolute Gasteiger partial charge is 0.325 e. The average Bonchev–Trinajstić information content (AvgIpc) is 2.40. The van der Waals surface area contributed by atoms with Crippen molar-refractivity contribution in [3.63, 3.8) is 0 Å². The summed E-state index contributed by atoms with van der Waals surface area (Å²) in [4.78, 5) is 30.1. The highest BCUT2D eigenvalue weighted by Gasteiger charge is 2.16. The minimum atomic E-state index is -0.458. The number of carbonyl (C=O) groups excluding carboxylic acids is 1. The van der Waals surface area contributed by atoms with Gasteiger partial charge in [-0.25, -0.2) is 9.37 Å². The number of rotatable bonds is 4. The predicted molar refractivity (Wildman–Crippen MR) is 79.9 cm³/mol. The van der Waals surface area contributed by atoms with Crippen molar-refractivity contribution in [3.05, 3.63) is 52.2 Å². The van der Waals surface area contributed by atoms with Crippen LogP contribution in [0.5, 0.6) is 0 Å². The number of aryl methyl sites for hydroxylation is 1. The number of halogens is 1. The highest BCUT2D eigenvalue weighted by Crippen LogP contribution is 2.20. The van der Waals surface area contributed by atoms with Crippen LogP contribution in [0.1, 0.15) is 12.6 Å². The van der Waals surface area contributed by atoms with Crippen molar-refractivity contribution in [2.45, 2.75) is 24.3 Å². The van der Waals surface area contributed by atoms with E-state index in [1.165, 1.54) is 30.3 Å². The first-order chi connectivity index (χ1) is 9.94. The summed E-state index contributed by atoms with van der Waals surface area (Å²) in [5.74, 6) is -0.618. The van der Waals surface area contributed by atoms with Gasteiger partial charge in [0.1, 0.15) is 5.82 Å². The first-order valence-corrected chi connectivity index (χ1v) is 7.13. The van der Waals surface area contributed by atoms with Crippen LogP contribution in [-0.4, -0.2) is 21.1 Å². The van der Waals surface area contributed by atoms with E-state index < -0.39 is 5.25 Å². The molecule has 1 aromatic heterocycles. The number of anilines is 1. The van der Waals surface area contributed by atoms with Gasteiger partial charge in [-0.1, -0.05) is 11.8 Å². The summed E-state index contributed by atoms with van der Waals surface area (Å²) in [5.41, 5.74) is 0.850. The molecule has 7 heteroatoms. The quantitative estimate of drug-likeness (QED) is 0.671. The van der Waals surface area contributed by atoms with Crippen LogP contribution < -0.4 is 10.9 Å². The summed E-state index contributed by atoms with van der Waals surface area (Å²) >= 11 is 1.15. The van der Waals surface area contributed by atoms with Gasteiger partial charge in [0.2, 0.25) is 5.91 Å². The van der Waals surface area contributed by atoms with Gasteiger partial charge < -0.3 is 10.3 Å². The van der Waals surface area contributed by atoms with Crippen molar-refractivity contribution < 1.29 is 9.18 Å². The Kier molecular flexibility index (Phi) is 4.74. The normalized spacial score (nSPS) is 12.0. The van der Waals surface area contributed by atoms with Crippen LogP contribution in [0.25, 0.3) is 0 Å². The van der Waals surface area contributed by atoms with Gasteiger partial charge in [-0.2, -0.15) is 0 Å². The first kappa shape index (κ1) is 15.2. The molecule has 0 aliphatic carbocycles. The molecule has 0 aliphatic heterocycles. The number of hydrogen-bond acceptors (Lipinski definition) is 4. The van der Waals surface area contributed by atoms with E-state index in [-0.39, 0.29) is 17.3 Å². The van der Waals surface area contributed by atoms with Gasteiger partial charge in [0.25, 0.3) is 5.56 Å². The average molecular weight is 307 g/mol. The fourth-order valence-electron chi connectivity index (χ4n) is 1.61. The summed E-state index contributed by atoms with van der Waals surface area (Å²) in [6, 6.07) is 6.89. The monoisotopic (exact) mass is 307 g/mol. The molecule has 21 heavy (non-hydrogen) atoms. The van der Waals surface area contributed by atoms with E-state index in [4.69, 9.17) is 0 Å². The summed E-state index contributed by atoms with van der Waals surface area (Å²) in [6.07, 6.45) is 0. The minimum absolute atomic E-state index is 0.254. The molecule has 2 rings (SSSR count). The van der Waals surface area contributed by atoms with E-state index >= 15 is 0 Å². The zero-order chi connectivity index (χ0) is 15.4. The highest BCUT2D eigenvalue weighted by molar-refractivity contribution is 8.00. The Hall–Kier alpha value is -2.15. The molecule has 0 unspecified atom stereocenters. The third kappa shape index (κ3) is 4.42. The Morgan fingerprint density at radius 1 is 1.38 bits per heavy atom. The third-order valence-electron chi connectivity index (χ3n) is 2.62. The summed E-state index contributed by atoms with van der Waals surface area (Å²) < 4.78 is 12.8. The predicted octanol–water partition coefficient (Wildman–Crippen LogP) is 2.34. The Balaban J connectivity index is 2.02. The van der Waals surface area contributed by atoms with Crippen molar-refractivity contribution in [2.75, 3.05) is 5.32 Å². The van der Waals surface area contributed by atoms with Crippen molar-refractivity contribution in [3.8, 4) is 0 Å². The maximum Gasteiger partial charge on any atom is 0.251 e.